The lowest BCUT2D eigenvalue weighted by Crippen LogP contribution is -2.36. The summed E-state index contributed by atoms with van der Waals surface area (Å²) in [4.78, 5) is 35.0. The molecule has 9 heteroatoms. The third kappa shape index (κ3) is 5.33. The summed E-state index contributed by atoms with van der Waals surface area (Å²) in [5, 5.41) is 4.17. The van der Waals surface area contributed by atoms with Gasteiger partial charge in [0.1, 0.15) is 0 Å². The molecule has 1 aromatic rings. The molecule has 2 amide bonds. The molecule has 1 atom stereocenters. The van der Waals surface area contributed by atoms with E-state index in [1.807, 2.05) is 17.5 Å². The average molecular weight is 370 g/mol. The number of hydrogen-bond donors (Lipinski definition) is 2. The Morgan fingerprint density at radius 3 is 2.54 bits per heavy atom. The zero-order chi connectivity index (χ0) is 19.1. The van der Waals surface area contributed by atoms with Crippen molar-refractivity contribution in [3.05, 3.63) is 41.7 Å². The molecule has 0 aliphatic heterocycles. The number of allylic oxidation sites excluding steroid dienone is 2. The molecular weight excluding hydrogens is 353 g/mol. The van der Waals surface area contributed by atoms with Crippen molar-refractivity contribution < 1.29 is 32.3 Å². The van der Waals surface area contributed by atoms with E-state index in [0.717, 1.165) is 12.5 Å². The van der Waals surface area contributed by atoms with E-state index in [9.17, 15) is 27.6 Å². The molecule has 0 bridgehead atoms. The fourth-order valence-corrected chi connectivity index (χ4v) is 2.31. The van der Waals surface area contributed by atoms with Gasteiger partial charge in [-0.05, 0) is 31.4 Å². The summed E-state index contributed by atoms with van der Waals surface area (Å²) in [6.07, 6.45) is 5.82. The van der Waals surface area contributed by atoms with Crippen LogP contribution >= 0.6 is 0 Å². The van der Waals surface area contributed by atoms with Crippen LogP contribution in [0.15, 0.2) is 24.3 Å². The van der Waals surface area contributed by atoms with Gasteiger partial charge in [-0.15, -0.1) is 0 Å². The van der Waals surface area contributed by atoms with Crippen molar-refractivity contribution in [3.63, 3.8) is 0 Å². The highest BCUT2D eigenvalue weighted by atomic mass is 19.2. The molecular formula is C17H17F3N2O4. The number of amides is 2. The zero-order valence-electron chi connectivity index (χ0n) is 13.7. The summed E-state index contributed by atoms with van der Waals surface area (Å²) in [7, 11) is 0. The van der Waals surface area contributed by atoms with Crippen molar-refractivity contribution in [1.82, 2.24) is 5.32 Å². The highest BCUT2D eigenvalue weighted by molar-refractivity contribution is 5.95. The number of ether oxygens (including phenoxy) is 1. The standard InChI is InChI=1S/C17H17F3N2O4/c18-11-6-7-12(16(20)15(11)19)22-13(23)8-21-14(24)9-26-17(25)10-4-2-1-3-5-10/h1-2,6-7,10H,3-5,8-9H2,(H,21,24)(H,22,23)/t10-/m0/s1. The summed E-state index contributed by atoms with van der Waals surface area (Å²) >= 11 is 0. The van der Waals surface area contributed by atoms with E-state index in [0.29, 0.717) is 18.9 Å². The molecule has 0 saturated carbocycles. The lowest BCUT2D eigenvalue weighted by molar-refractivity contribution is -0.152. The van der Waals surface area contributed by atoms with Gasteiger partial charge in [-0.1, -0.05) is 12.2 Å². The summed E-state index contributed by atoms with van der Waals surface area (Å²) in [5.74, 6) is -6.98. The number of hydrogen-bond acceptors (Lipinski definition) is 4. The quantitative estimate of drug-likeness (QED) is 0.456. The van der Waals surface area contributed by atoms with Crippen LogP contribution in [0.25, 0.3) is 0 Å². The second-order valence-electron chi connectivity index (χ2n) is 5.64. The molecule has 0 saturated heterocycles. The van der Waals surface area contributed by atoms with E-state index >= 15 is 0 Å². The Morgan fingerprint density at radius 1 is 1.08 bits per heavy atom. The van der Waals surface area contributed by atoms with E-state index in [4.69, 9.17) is 4.74 Å². The van der Waals surface area contributed by atoms with E-state index in [1.54, 1.807) is 0 Å². The molecule has 0 heterocycles. The van der Waals surface area contributed by atoms with Crippen LogP contribution in [0.1, 0.15) is 19.3 Å². The SMILES string of the molecule is O=C(COC(=O)[C@H]1CC=CCC1)NCC(=O)Nc1ccc(F)c(F)c1F. The number of anilines is 1. The van der Waals surface area contributed by atoms with E-state index in [2.05, 4.69) is 5.32 Å². The van der Waals surface area contributed by atoms with Gasteiger partial charge in [0, 0.05) is 0 Å². The van der Waals surface area contributed by atoms with Gasteiger partial charge in [0.25, 0.3) is 5.91 Å². The second kappa shape index (κ2) is 9.02. The third-order valence-electron chi connectivity index (χ3n) is 3.70. The largest absolute Gasteiger partial charge is 0.455 e. The predicted octanol–water partition coefficient (Wildman–Crippen LogP) is 2.06. The van der Waals surface area contributed by atoms with Crippen LogP contribution < -0.4 is 10.6 Å². The van der Waals surface area contributed by atoms with Crippen LogP contribution in [0.5, 0.6) is 0 Å². The molecule has 26 heavy (non-hydrogen) atoms. The van der Waals surface area contributed by atoms with Crippen LogP contribution in [-0.4, -0.2) is 30.9 Å². The van der Waals surface area contributed by atoms with Crippen molar-refractivity contribution in [3.8, 4) is 0 Å². The molecule has 2 rings (SSSR count). The second-order valence-corrected chi connectivity index (χ2v) is 5.64. The Hall–Kier alpha value is -2.84. The molecule has 0 unspecified atom stereocenters. The van der Waals surface area contributed by atoms with Gasteiger partial charge in [-0.3, -0.25) is 14.4 Å². The summed E-state index contributed by atoms with van der Waals surface area (Å²) in [6, 6.07) is 1.51. The minimum Gasteiger partial charge on any atom is -0.455 e. The van der Waals surface area contributed by atoms with Gasteiger partial charge in [-0.2, -0.15) is 0 Å². The topological polar surface area (TPSA) is 84.5 Å². The van der Waals surface area contributed by atoms with Gasteiger partial charge in [0.05, 0.1) is 18.2 Å². The molecule has 0 aromatic heterocycles. The molecule has 6 nitrogen and oxygen atoms in total. The molecule has 2 N–H and O–H groups in total. The molecule has 1 aliphatic rings. The van der Waals surface area contributed by atoms with Crippen LogP contribution in [0.4, 0.5) is 18.9 Å². The summed E-state index contributed by atoms with van der Waals surface area (Å²) in [6.45, 7) is -1.10. The van der Waals surface area contributed by atoms with Crippen molar-refractivity contribution >= 4 is 23.5 Å². The molecule has 0 fully saturated rings. The first kappa shape index (κ1) is 19.5. The maximum absolute atomic E-state index is 13.4. The minimum absolute atomic E-state index is 0.285. The maximum Gasteiger partial charge on any atom is 0.309 e. The van der Waals surface area contributed by atoms with Crippen molar-refractivity contribution in [1.29, 1.82) is 0 Å². The van der Waals surface area contributed by atoms with Gasteiger partial charge >= 0.3 is 5.97 Å². The number of nitrogens with one attached hydrogen (secondary N) is 2. The van der Waals surface area contributed by atoms with E-state index in [1.165, 1.54) is 0 Å². The number of halogens is 3. The normalized spacial score (nSPS) is 16.0. The lowest BCUT2D eigenvalue weighted by Gasteiger charge is -2.16. The van der Waals surface area contributed by atoms with Gasteiger partial charge in [0.15, 0.2) is 24.1 Å². The monoisotopic (exact) mass is 370 g/mol. The first-order valence-electron chi connectivity index (χ1n) is 7.90. The molecule has 140 valence electrons. The number of rotatable bonds is 6. The molecule has 1 aromatic carbocycles. The number of carbonyl (C=O) groups excluding carboxylic acids is 3. The Bertz CT molecular complexity index is 737. The fraction of sp³-hybridized carbons (Fsp3) is 0.353. The fourth-order valence-electron chi connectivity index (χ4n) is 2.31. The van der Waals surface area contributed by atoms with Crippen molar-refractivity contribution in [2.24, 2.45) is 5.92 Å². The summed E-state index contributed by atoms with van der Waals surface area (Å²) in [5.41, 5.74) is -0.556. The Kier molecular flexibility index (Phi) is 6.76. The van der Waals surface area contributed by atoms with Crippen LogP contribution in [0.2, 0.25) is 0 Å². The zero-order valence-corrected chi connectivity index (χ0v) is 13.7. The van der Waals surface area contributed by atoms with E-state index < -0.39 is 54.1 Å². The molecule has 1 aliphatic carbocycles. The van der Waals surface area contributed by atoms with Gasteiger partial charge in [0.2, 0.25) is 5.91 Å². The Balaban J connectivity index is 1.73. The minimum atomic E-state index is -1.71. The average Bonchev–Trinajstić information content (AvgIpc) is 2.65. The van der Waals surface area contributed by atoms with Crippen LogP contribution in [0, 0.1) is 23.4 Å². The smallest absolute Gasteiger partial charge is 0.309 e. The number of carbonyl (C=O) groups is 3. The highest BCUT2D eigenvalue weighted by Gasteiger charge is 2.21. The molecule has 0 radical (unpaired) electrons. The maximum atomic E-state index is 13.4. The van der Waals surface area contributed by atoms with Crippen LogP contribution in [-0.2, 0) is 19.1 Å². The summed E-state index contributed by atoms with van der Waals surface area (Å²) < 4.78 is 44.2. The van der Waals surface area contributed by atoms with Gasteiger partial charge < -0.3 is 15.4 Å². The predicted molar refractivity (Wildman–Crippen MR) is 85.4 cm³/mol. The number of esters is 1. The van der Waals surface area contributed by atoms with E-state index in [-0.39, 0.29) is 5.92 Å². The van der Waals surface area contributed by atoms with Crippen molar-refractivity contribution in [2.45, 2.75) is 19.3 Å². The Morgan fingerprint density at radius 2 is 1.85 bits per heavy atom. The highest BCUT2D eigenvalue weighted by Crippen LogP contribution is 2.20. The Labute approximate surface area is 147 Å². The molecule has 0 spiro atoms. The lowest BCUT2D eigenvalue weighted by atomic mass is 9.95. The van der Waals surface area contributed by atoms with Gasteiger partial charge in [-0.25, -0.2) is 13.2 Å². The number of benzene rings is 1. The van der Waals surface area contributed by atoms with Crippen molar-refractivity contribution in [2.75, 3.05) is 18.5 Å². The first-order chi connectivity index (χ1) is 12.4. The first-order valence-corrected chi connectivity index (χ1v) is 7.90. The van der Waals surface area contributed by atoms with Crippen LogP contribution in [0.3, 0.4) is 0 Å². The third-order valence-corrected chi connectivity index (χ3v) is 3.70.